The molecule has 5 nitrogen and oxygen atoms in total. The lowest BCUT2D eigenvalue weighted by atomic mass is 10.0. The first-order valence-corrected chi connectivity index (χ1v) is 7.98. The second kappa shape index (κ2) is 6.49. The zero-order valence-corrected chi connectivity index (χ0v) is 13.5. The Kier molecular flexibility index (Phi) is 4.56. The Bertz CT molecular complexity index is 716. The Hall–Kier alpha value is -1.99. The van der Waals surface area contributed by atoms with Crippen LogP contribution in [0, 0.1) is 11.6 Å². The van der Waals surface area contributed by atoms with Gasteiger partial charge in [0.2, 0.25) is 0 Å². The zero-order valence-electron chi connectivity index (χ0n) is 13.5. The van der Waals surface area contributed by atoms with E-state index in [2.05, 4.69) is 5.10 Å². The first-order chi connectivity index (χ1) is 11.5. The molecule has 1 saturated heterocycles. The second-order valence-electron chi connectivity index (χ2n) is 6.43. The fourth-order valence-electron chi connectivity index (χ4n) is 3.25. The van der Waals surface area contributed by atoms with E-state index in [0.29, 0.717) is 24.3 Å². The number of hydrogen-bond donors (Lipinski definition) is 2. The van der Waals surface area contributed by atoms with Crippen LogP contribution in [-0.4, -0.2) is 39.8 Å². The minimum atomic E-state index is -0.966. The summed E-state index contributed by atoms with van der Waals surface area (Å²) in [4.78, 5) is 1.95. The highest BCUT2D eigenvalue weighted by atomic mass is 19.1. The summed E-state index contributed by atoms with van der Waals surface area (Å²) in [5.41, 5.74) is -0.651. The van der Waals surface area contributed by atoms with Crippen molar-refractivity contribution in [3.8, 4) is 0 Å². The number of benzene rings is 1. The highest BCUT2D eigenvalue weighted by Gasteiger charge is 2.35. The molecule has 2 aromatic rings. The van der Waals surface area contributed by atoms with Gasteiger partial charge in [-0.3, -0.25) is 0 Å². The number of aliphatic hydroxyl groups excluding tert-OH is 2. The summed E-state index contributed by atoms with van der Waals surface area (Å²) in [6, 6.07) is 4.94. The molecular formula is C17H21F2N3O2. The van der Waals surface area contributed by atoms with Gasteiger partial charge in [-0.25, -0.2) is 13.5 Å². The summed E-state index contributed by atoms with van der Waals surface area (Å²) in [5, 5.41) is 23.5. The van der Waals surface area contributed by atoms with Gasteiger partial charge in [-0.1, -0.05) is 0 Å². The molecule has 2 N–H and O–H groups in total. The van der Waals surface area contributed by atoms with Crippen LogP contribution in [0.25, 0.3) is 0 Å². The van der Waals surface area contributed by atoms with Crippen molar-refractivity contribution in [2.45, 2.75) is 31.3 Å². The van der Waals surface area contributed by atoms with Crippen molar-refractivity contribution in [1.29, 1.82) is 0 Å². The second-order valence-corrected chi connectivity index (χ2v) is 6.43. The van der Waals surface area contributed by atoms with E-state index in [1.165, 1.54) is 6.07 Å². The summed E-state index contributed by atoms with van der Waals surface area (Å²) < 4.78 is 29.3. The smallest absolute Gasteiger partial charge is 0.128 e. The molecule has 0 bridgehead atoms. The van der Waals surface area contributed by atoms with Crippen molar-refractivity contribution in [1.82, 2.24) is 9.78 Å². The average molecular weight is 337 g/mol. The van der Waals surface area contributed by atoms with Gasteiger partial charge in [0.1, 0.15) is 23.0 Å². The average Bonchev–Trinajstić information content (AvgIpc) is 3.24. The van der Waals surface area contributed by atoms with Crippen molar-refractivity contribution in [2.75, 3.05) is 24.7 Å². The lowest BCUT2D eigenvalue weighted by Gasteiger charge is -2.33. The molecule has 0 radical (unpaired) electrons. The van der Waals surface area contributed by atoms with E-state index in [0.717, 1.165) is 18.6 Å². The third-order valence-corrected chi connectivity index (χ3v) is 4.68. The summed E-state index contributed by atoms with van der Waals surface area (Å²) in [6.07, 6.45) is 3.11. The number of halogens is 2. The van der Waals surface area contributed by atoms with Crippen molar-refractivity contribution in [2.24, 2.45) is 0 Å². The third-order valence-electron chi connectivity index (χ3n) is 4.68. The van der Waals surface area contributed by atoms with Crippen LogP contribution in [0.1, 0.15) is 31.4 Å². The van der Waals surface area contributed by atoms with Crippen LogP contribution in [0.4, 0.5) is 14.6 Å². The molecule has 1 atom stereocenters. The van der Waals surface area contributed by atoms with Gasteiger partial charge in [-0.05, 0) is 38.0 Å². The monoisotopic (exact) mass is 337 g/mol. The van der Waals surface area contributed by atoms with Crippen LogP contribution in [0.5, 0.6) is 0 Å². The van der Waals surface area contributed by atoms with E-state index in [1.54, 1.807) is 23.9 Å². The fraction of sp³-hybridized carbons (Fsp3) is 0.471. The molecule has 7 heteroatoms. The molecule has 0 saturated carbocycles. The van der Waals surface area contributed by atoms with Gasteiger partial charge < -0.3 is 15.1 Å². The lowest BCUT2D eigenvalue weighted by molar-refractivity contribution is 0.0690. The van der Waals surface area contributed by atoms with Gasteiger partial charge in [-0.15, -0.1) is 0 Å². The van der Waals surface area contributed by atoms with Crippen LogP contribution >= 0.6 is 0 Å². The molecule has 24 heavy (non-hydrogen) atoms. The topological polar surface area (TPSA) is 61.5 Å². The lowest BCUT2D eigenvalue weighted by Crippen LogP contribution is -2.41. The van der Waals surface area contributed by atoms with Gasteiger partial charge in [-0.2, -0.15) is 5.10 Å². The standard InChI is InChI=1S/C17H21F2N3O2/c1-17(10-23,11-24)22-16(6-7-20-22)21-8-2-3-15(21)13-9-12(18)4-5-14(13)19/h4-7,9,15,23-24H,2-3,8,10-11H2,1H3/t15-/m1/s1. The maximum absolute atomic E-state index is 14.2. The summed E-state index contributed by atoms with van der Waals surface area (Å²) in [7, 11) is 0. The normalized spacial score (nSPS) is 18.4. The predicted molar refractivity (Wildman–Crippen MR) is 85.7 cm³/mol. The van der Waals surface area contributed by atoms with Crippen molar-refractivity contribution < 1.29 is 19.0 Å². The molecule has 0 amide bonds. The molecule has 1 aromatic heterocycles. The molecule has 1 aliphatic heterocycles. The number of rotatable bonds is 5. The number of aromatic nitrogens is 2. The van der Waals surface area contributed by atoms with Crippen molar-refractivity contribution in [3.05, 3.63) is 47.7 Å². The molecule has 0 spiro atoms. The molecule has 130 valence electrons. The van der Waals surface area contributed by atoms with E-state index >= 15 is 0 Å². The van der Waals surface area contributed by atoms with E-state index in [4.69, 9.17) is 0 Å². The van der Waals surface area contributed by atoms with E-state index in [9.17, 15) is 19.0 Å². The van der Waals surface area contributed by atoms with Gasteiger partial charge >= 0.3 is 0 Å². The van der Waals surface area contributed by atoms with E-state index < -0.39 is 17.2 Å². The first kappa shape index (κ1) is 16.9. The number of hydrogen-bond acceptors (Lipinski definition) is 4. The fourth-order valence-corrected chi connectivity index (χ4v) is 3.25. The molecule has 1 fully saturated rings. The van der Waals surface area contributed by atoms with Crippen molar-refractivity contribution >= 4 is 5.82 Å². The quantitative estimate of drug-likeness (QED) is 0.878. The van der Waals surface area contributed by atoms with Gasteiger partial charge in [0, 0.05) is 18.2 Å². The molecule has 1 aliphatic rings. The Morgan fingerprint density at radius 1 is 1.25 bits per heavy atom. The maximum atomic E-state index is 14.2. The van der Waals surface area contributed by atoms with Crippen LogP contribution < -0.4 is 4.90 Å². The Balaban J connectivity index is 2.01. The maximum Gasteiger partial charge on any atom is 0.128 e. The third kappa shape index (κ3) is 2.78. The molecule has 0 aliphatic carbocycles. The number of aliphatic hydroxyl groups is 2. The minimum Gasteiger partial charge on any atom is -0.394 e. The summed E-state index contributed by atoms with van der Waals surface area (Å²) >= 11 is 0. The first-order valence-electron chi connectivity index (χ1n) is 7.98. The van der Waals surface area contributed by atoms with Gasteiger partial charge in [0.05, 0.1) is 25.5 Å². The SMILES string of the molecule is CC(CO)(CO)n1nccc1N1CCC[C@@H]1c1cc(F)ccc1F. The highest BCUT2D eigenvalue weighted by molar-refractivity contribution is 5.45. The van der Waals surface area contributed by atoms with Crippen molar-refractivity contribution in [3.63, 3.8) is 0 Å². The Morgan fingerprint density at radius 3 is 2.71 bits per heavy atom. The predicted octanol–water partition coefficient (Wildman–Crippen LogP) is 2.20. The Morgan fingerprint density at radius 2 is 2.00 bits per heavy atom. The van der Waals surface area contributed by atoms with E-state index in [-0.39, 0.29) is 19.3 Å². The number of nitrogens with zero attached hydrogens (tertiary/aromatic N) is 3. The van der Waals surface area contributed by atoms with E-state index in [1.807, 2.05) is 4.90 Å². The van der Waals surface area contributed by atoms with Crippen LogP contribution in [0.2, 0.25) is 0 Å². The van der Waals surface area contributed by atoms with Crippen LogP contribution in [-0.2, 0) is 5.54 Å². The Labute approximate surface area is 139 Å². The van der Waals surface area contributed by atoms with Crippen LogP contribution in [0.15, 0.2) is 30.5 Å². The minimum absolute atomic E-state index is 0.287. The molecule has 2 heterocycles. The molecule has 1 aromatic carbocycles. The zero-order chi connectivity index (χ0) is 17.3. The summed E-state index contributed by atoms with van der Waals surface area (Å²) in [5.74, 6) is -0.236. The molecule has 3 rings (SSSR count). The molecule has 0 unspecified atom stereocenters. The molecular weight excluding hydrogens is 316 g/mol. The van der Waals surface area contributed by atoms with Crippen LogP contribution in [0.3, 0.4) is 0 Å². The number of anilines is 1. The largest absolute Gasteiger partial charge is 0.394 e. The van der Waals surface area contributed by atoms with Gasteiger partial charge in [0.25, 0.3) is 0 Å². The summed E-state index contributed by atoms with van der Waals surface area (Å²) in [6.45, 7) is 1.78. The highest BCUT2D eigenvalue weighted by Crippen LogP contribution is 2.38. The van der Waals surface area contributed by atoms with Gasteiger partial charge in [0.15, 0.2) is 0 Å².